The smallest absolute Gasteiger partial charge is 0.142 e. The van der Waals surface area contributed by atoms with E-state index >= 15 is 0 Å². The summed E-state index contributed by atoms with van der Waals surface area (Å²) in [4.78, 5) is 2.11. The number of methoxy groups -OCH3 is 1. The van der Waals surface area contributed by atoms with Crippen LogP contribution in [-0.4, -0.2) is 38.0 Å². The van der Waals surface area contributed by atoms with E-state index in [2.05, 4.69) is 4.90 Å². The van der Waals surface area contributed by atoms with E-state index in [1.54, 1.807) is 14.0 Å². The summed E-state index contributed by atoms with van der Waals surface area (Å²) in [6.07, 6.45) is 0.516. The molecule has 0 fully saturated rings. The van der Waals surface area contributed by atoms with Gasteiger partial charge in [0.15, 0.2) is 0 Å². The summed E-state index contributed by atoms with van der Waals surface area (Å²) in [6.45, 7) is 3.83. The van der Waals surface area contributed by atoms with Gasteiger partial charge in [-0.15, -0.1) is 0 Å². The van der Waals surface area contributed by atoms with E-state index in [-0.39, 0.29) is 6.10 Å². The van der Waals surface area contributed by atoms with Gasteiger partial charge in [0, 0.05) is 13.1 Å². The number of rotatable bonds is 7. The third-order valence-electron chi connectivity index (χ3n) is 2.54. The number of benzene rings is 1. The number of aliphatic hydroxyl groups excluding tert-OH is 1. The molecule has 0 spiro atoms. The summed E-state index contributed by atoms with van der Waals surface area (Å²) < 4.78 is 5.33. The van der Waals surface area contributed by atoms with Crippen molar-refractivity contribution in [2.45, 2.75) is 19.4 Å². The Hall–Kier alpha value is -1.26. The van der Waals surface area contributed by atoms with Crippen LogP contribution in [0.15, 0.2) is 24.3 Å². The molecule has 0 aromatic heterocycles. The van der Waals surface area contributed by atoms with Crippen LogP contribution in [-0.2, 0) is 0 Å². The number of hydrogen-bond donors (Lipinski definition) is 2. The van der Waals surface area contributed by atoms with Crippen LogP contribution in [0.4, 0.5) is 5.69 Å². The Balaban J connectivity index is 2.86. The molecule has 0 radical (unpaired) electrons. The fourth-order valence-corrected chi connectivity index (χ4v) is 1.80. The Bertz CT molecular complexity index is 329. The van der Waals surface area contributed by atoms with Crippen LogP contribution in [0, 0.1) is 0 Å². The molecule has 0 saturated carbocycles. The predicted octanol–water partition coefficient (Wildman–Crippen LogP) is 1.23. The highest BCUT2D eigenvalue weighted by Gasteiger charge is 2.12. The summed E-state index contributed by atoms with van der Waals surface area (Å²) in [5.74, 6) is 0.824. The van der Waals surface area contributed by atoms with Crippen molar-refractivity contribution in [3.63, 3.8) is 0 Å². The molecule has 1 atom stereocenters. The molecule has 0 aliphatic heterocycles. The fraction of sp³-hybridized carbons (Fsp3) is 0.538. The largest absolute Gasteiger partial charge is 0.495 e. The molecule has 0 aliphatic rings. The van der Waals surface area contributed by atoms with Gasteiger partial charge in [0.25, 0.3) is 0 Å². The molecular weight excluding hydrogens is 216 g/mol. The Kier molecular flexibility index (Phi) is 5.80. The number of para-hydroxylation sites is 2. The molecule has 17 heavy (non-hydrogen) atoms. The Morgan fingerprint density at radius 2 is 2.12 bits per heavy atom. The highest BCUT2D eigenvalue weighted by atomic mass is 16.5. The van der Waals surface area contributed by atoms with Crippen molar-refractivity contribution in [2.75, 3.05) is 31.6 Å². The molecule has 4 heteroatoms. The van der Waals surface area contributed by atoms with Gasteiger partial charge in [-0.2, -0.15) is 0 Å². The van der Waals surface area contributed by atoms with Gasteiger partial charge in [-0.05, 0) is 32.0 Å². The summed E-state index contributed by atoms with van der Waals surface area (Å²) in [7, 11) is 1.66. The van der Waals surface area contributed by atoms with Gasteiger partial charge in [0.1, 0.15) is 5.75 Å². The average molecular weight is 238 g/mol. The molecule has 0 aliphatic carbocycles. The molecule has 4 nitrogen and oxygen atoms in total. The van der Waals surface area contributed by atoms with Gasteiger partial charge in [0.05, 0.1) is 18.9 Å². The lowest BCUT2D eigenvalue weighted by molar-refractivity contribution is 0.199. The van der Waals surface area contributed by atoms with Crippen molar-refractivity contribution in [1.82, 2.24) is 0 Å². The normalized spacial score (nSPS) is 12.2. The second-order valence-electron chi connectivity index (χ2n) is 4.11. The summed E-state index contributed by atoms with van der Waals surface area (Å²) in [5, 5.41) is 9.53. The second-order valence-corrected chi connectivity index (χ2v) is 4.11. The first-order valence-corrected chi connectivity index (χ1v) is 5.95. The minimum absolute atomic E-state index is 0.377. The monoisotopic (exact) mass is 238 g/mol. The quantitative estimate of drug-likeness (QED) is 0.750. The van der Waals surface area contributed by atoms with Crippen molar-refractivity contribution in [3.8, 4) is 5.75 Å². The number of anilines is 1. The van der Waals surface area contributed by atoms with Crippen LogP contribution in [0.3, 0.4) is 0 Å². The van der Waals surface area contributed by atoms with Crippen molar-refractivity contribution in [2.24, 2.45) is 5.73 Å². The van der Waals surface area contributed by atoms with Crippen LogP contribution < -0.4 is 15.4 Å². The minimum Gasteiger partial charge on any atom is -0.495 e. The van der Waals surface area contributed by atoms with Crippen molar-refractivity contribution in [1.29, 1.82) is 0 Å². The highest BCUT2D eigenvalue weighted by molar-refractivity contribution is 5.58. The number of aliphatic hydroxyl groups is 1. The Morgan fingerprint density at radius 1 is 1.41 bits per heavy atom. The van der Waals surface area contributed by atoms with Crippen LogP contribution in [0.1, 0.15) is 13.3 Å². The third kappa shape index (κ3) is 4.24. The van der Waals surface area contributed by atoms with Crippen molar-refractivity contribution in [3.05, 3.63) is 24.3 Å². The lowest BCUT2D eigenvalue weighted by Gasteiger charge is -2.27. The van der Waals surface area contributed by atoms with Crippen LogP contribution in [0.25, 0.3) is 0 Å². The topological polar surface area (TPSA) is 58.7 Å². The van der Waals surface area contributed by atoms with Gasteiger partial charge in [0.2, 0.25) is 0 Å². The number of ether oxygens (including phenoxy) is 1. The zero-order valence-electron chi connectivity index (χ0n) is 10.6. The summed E-state index contributed by atoms with van der Waals surface area (Å²) in [6, 6.07) is 7.83. The molecule has 0 saturated heterocycles. The lowest BCUT2D eigenvalue weighted by Crippen LogP contribution is -2.33. The minimum atomic E-state index is -0.377. The lowest BCUT2D eigenvalue weighted by atomic mass is 10.2. The number of nitrogens with two attached hydrogens (primary N) is 1. The molecule has 96 valence electrons. The SMILES string of the molecule is COc1ccccc1N(CCCN)CC(C)O. The fourth-order valence-electron chi connectivity index (χ4n) is 1.80. The van der Waals surface area contributed by atoms with Crippen LogP contribution in [0.2, 0.25) is 0 Å². The molecule has 3 N–H and O–H groups in total. The molecule has 1 aromatic rings. The number of nitrogens with zero attached hydrogens (tertiary/aromatic N) is 1. The standard InChI is InChI=1S/C13H22N2O2/c1-11(16)10-15(9-5-8-14)12-6-3-4-7-13(12)17-2/h3-4,6-7,11,16H,5,8-10,14H2,1-2H3. The maximum absolute atomic E-state index is 9.53. The van der Waals surface area contributed by atoms with E-state index in [9.17, 15) is 5.11 Å². The molecule has 0 heterocycles. The molecule has 1 unspecified atom stereocenters. The molecular formula is C13H22N2O2. The first-order valence-electron chi connectivity index (χ1n) is 5.95. The van der Waals surface area contributed by atoms with E-state index in [1.165, 1.54) is 0 Å². The molecule has 0 bridgehead atoms. The predicted molar refractivity (Wildman–Crippen MR) is 70.6 cm³/mol. The summed E-state index contributed by atoms with van der Waals surface area (Å²) >= 11 is 0. The van der Waals surface area contributed by atoms with E-state index in [1.807, 2.05) is 24.3 Å². The maximum atomic E-state index is 9.53. The zero-order chi connectivity index (χ0) is 12.7. The zero-order valence-corrected chi connectivity index (χ0v) is 10.6. The number of hydrogen-bond acceptors (Lipinski definition) is 4. The Labute approximate surface area is 103 Å². The van der Waals surface area contributed by atoms with Crippen LogP contribution >= 0.6 is 0 Å². The van der Waals surface area contributed by atoms with Crippen molar-refractivity contribution < 1.29 is 9.84 Å². The van der Waals surface area contributed by atoms with Crippen LogP contribution in [0.5, 0.6) is 5.75 Å². The molecule has 1 rings (SSSR count). The van der Waals surface area contributed by atoms with Gasteiger partial charge in [-0.25, -0.2) is 0 Å². The van der Waals surface area contributed by atoms with Gasteiger partial charge in [-0.3, -0.25) is 0 Å². The third-order valence-corrected chi connectivity index (χ3v) is 2.54. The van der Waals surface area contributed by atoms with Gasteiger partial charge in [-0.1, -0.05) is 12.1 Å². The second kappa shape index (κ2) is 7.14. The molecule has 0 amide bonds. The van der Waals surface area contributed by atoms with E-state index in [0.29, 0.717) is 13.1 Å². The highest BCUT2D eigenvalue weighted by Crippen LogP contribution is 2.27. The summed E-state index contributed by atoms with van der Waals surface area (Å²) in [5.41, 5.74) is 6.54. The average Bonchev–Trinajstić information content (AvgIpc) is 2.34. The Morgan fingerprint density at radius 3 is 2.71 bits per heavy atom. The van der Waals surface area contributed by atoms with Gasteiger partial charge >= 0.3 is 0 Å². The first kappa shape index (κ1) is 13.8. The van der Waals surface area contributed by atoms with Gasteiger partial charge < -0.3 is 20.5 Å². The first-order chi connectivity index (χ1) is 8.19. The maximum Gasteiger partial charge on any atom is 0.142 e. The van der Waals surface area contributed by atoms with E-state index in [0.717, 1.165) is 24.4 Å². The van der Waals surface area contributed by atoms with E-state index in [4.69, 9.17) is 10.5 Å². The molecule has 1 aromatic carbocycles. The van der Waals surface area contributed by atoms with E-state index < -0.39 is 0 Å². The van der Waals surface area contributed by atoms with Crippen molar-refractivity contribution >= 4 is 5.69 Å².